The van der Waals surface area contributed by atoms with Crippen molar-refractivity contribution in [3.63, 3.8) is 0 Å². The SMILES string of the molecule is CCc1cc(=O)[nH]c(SCC(=O)N2N=C(c3cccs3)CC2c2ccc(C)cc2)n1. The first-order chi connectivity index (χ1) is 14.5. The van der Waals surface area contributed by atoms with Crippen LogP contribution in [0.5, 0.6) is 0 Å². The lowest BCUT2D eigenvalue weighted by Crippen LogP contribution is -2.28. The number of hydrogen-bond acceptors (Lipinski definition) is 6. The zero-order chi connectivity index (χ0) is 21.1. The molecule has 30 heavy (non-hydrogen) atoms. The number of aromatic nitrogens is 2. The highest BCUT2D eigenvalue weighted by molar-refractivity contribution is 7.99. The van der Waals surface area contributed by atoms with Gasteiger partial charge in [-0.3, -0.25) is 9.59 Å². The molecule has 0 radical (unpaired) electrons. The largest absolute Gasteiger partial charge is 0.301 e. The van der Waals surface area contributed by atoms with Gasteiger partial charge in [-0.05, 0) is 30.4 Å². The molecule has 1 aliphatic rings. The van der Waals surface area contributed by atoms with Crippen LogP contribution in [0.4, 0.5) is 0 Å². The lowest BCUT2D eigenvalue weighted by atomic mass is 10.00. The molecule has 1 amide bonds. The number of benzene rings is 1. The summed E-state index contributed by atoms with van der Waals surface area (Å²) in [6.45, 7) is 3.99. The van der Waals surface area contributed by atoms with E-state index in [4.69, 9.17) is 0 Å². The molecule has 1 aromatic carbocycles. The standard InChI is InChI=1S/C22H22N4O2S2/c1-3-16-11-20(27)24-22(23-16)30-13-21(28)26-18(15-8-6-14(2)7-9-15)12-17(25-26)19-5-4-10-29-19/h4-11,18H,3,12-13H2,1-2H3,(H,23,24,27). The Hall–Kier alpha value is -2.71. The number of thiophene rings is 1. The zero-order valence-corrected chi connectivity index (χ0v) is 18.4. The maximum Gasteiger partial charge on any atom is 0.253 e. The number of aryl methyl sites for hydroxylation is 2. The Balaban J connectivity index is 1.56. The second-order valence-electron chi connectivity index (χ2n) is 7.08. The summed E-state index contributed by atoms with van der Waals surface area (Å²) in [6, 6.07) is 13.6. The smallest absolute Gasteiger partial charge is 0.253 e. The molecule has 2 aromatic heterocycles. The first-order valence-electron chi connectivity index (χ1n) is 9.76. The summed E-state index contributed by atoms with van der Waals surface area (Å²) in [5.74, 6) is 0.0429. The van der Waals surface area contributed by atoms with Crippen LogP contribution in [0.15, 0.2) is 62.9 Å². The van der Waals surface area contributed by atoms with Gasteiger partial charge in [0.2, 0.25) is 0 Å². The summed E-state index contributed by atoms with van der Waals surface area (Å²) < 4.78 is 0. The summed E-state index contributed by atoms with van der Waals surface area (Å²) in [5.41, 5.74) is 3.68. The van der Waals surface area contributed by atoms with Crippen LogP contribution in [0.2, 0.25) is 0 Å². The number of carbonyl (C=O) groups is 1. The number of carbonyl (C=O) groups excluding carboxylic acids is 1. The first-order valence-corrected chi connectivity index (χ1v) is 11.6. The highest BCUT2D eigenvalue weighted by atomic mass is 32.2. The van der Waals surface area contributed by atoms with Crippen LogP contribution in [0, 0.1) is 6.92 Å². The number of hydrogen-bond donors (Lipinski definition) is 1. The maximum atomic E-state index is 13.1. The van der Waals surface area contributed by atoms with E-state index in [1.165, 1.54) is 23.4 Å². The molecule has 0 fully saturated rings. The molecule has 0 saturated carbocycles. The Morgan fingerprint density at radius 1 is 1.30 bits per heavy atom. The van der Waals surface area contributed by atoms with Crippen molar-refractivity contribution >= 4 is 34.7 Å². The van der Waals surface area contributed by atoms with Crippen LogP contribution in [0.1, 0.15) is 41.1 Å². The van der Waals surface area contributed by atoms with E-state index in [-0.39, 0.29) is 23.3 Å². The highest BCUT2D eigenvalue weighted by Crippen LogP contribution is 2.34. The third kappa shape index (κ3) is 4.55. The van der Waals surface area contributed by atoms with E-state index in [9.17, 15) is 9.59 Å². The summed E-state index contributed by atoms with van der Waals surface area (Å²) in [6.07, 6.45) is 1.35. The van der Waals surface area contributed by atoms with Crippen LogP contribution in [-0.4, -0.2) is 32.3 Å². The molecular weight excluding hydrogens is 416 g/mol. The van der Waals surface area contributed by atoms with Crippen molar-refractivity contribution < 1.29 is 4.79 Å². The van der Waals surface area contributed by atoms with Crippen molar-refractivity contribution in [1.29, 1.82) is 0 Å². The monoisotopic (exact) mass is 438 g/mol. The zero-order valence-electron chi connectivity index (χ0n) is 16.8. The van der Waals surface area contributed by atoms with Gasteiger partial charge in [-0.15, -0.1) is 11.3 Å². The van der Waals surface area contributed by atoms with Gasteiger partial charge in [-0.2, -0.15) is 5.10 Å². The molecular formula is C22H22N4O2S2. The van der Waals surface area contributed by atoms with Gasteiger partial charge < -0.3 is 4.98 Å². The van der Waals surface area contributed by atoms with E-state index < -0.39 is 0 Å². The molecule has 6 nitrogen and oxygen atoms in total. The molecule has 1 aliphatic heterocycles. The van der Waals surface area contributed by atoms with Gasteiger partial charge in [0.05, 0.1) is 22.4 Å². The van der Waals surface area contributed by atoms with Crippen LogP contribution in [0.3, 0.4) is 0 Å². The van der Waals surface area contributed by atoms with E-state index >= 15 is 0 Å². The lowest BCUT2D eigenvalue weighted by molar-refractivity contribution is -0.130. The van der Waals surface area contributed by atoms with Gasteiger partial charge in [0.15, 0.2) is 5.16 Å². The number of aromatic amines is 1. The van der Waals surface area contributed by atoms with Gasteiger partial charge >= 0.3 is 0 Å². The fraction of sp³-hybridized carbons (Fsp3) is 0.273. The van der Waals surface area contributed by atoms with Crippen molar-refractivity contribution in [2.45, 2.75) is 37.9 Å². The van der Waals surface area contributed by atoms with Crippen molar-refractivity contribution in [1.82, 2.24) is 15.0 Å². The Kier molecular flexibility index (Phi) is 6.15. The second kappa shape index (κ2) is 8.97. The molecule has 0 bridgehead atoms. The molecule has 1 atom stereocenters. The number of nitrogens with zero attached hydrogens (tertiary/aromatic N) is 3. The molecule has 0 saturated heterocycles. The molecule has 0 spiro atoms. The van der Waals surface area contributed by atoms with E-state index in [0.717, 1.165) is 16.2 Å². The van der Waals surface area contributed by atoms with Gasteiger partial charge in [0.25, 0.3) is 11.5 Å². The molecule has 154 valence electrons. The van der Waals surface area contributed by atoms with Crippen LogP contribution >= 0.6 is 23.1 Å². The second-order valence-corrected chi connectivity index (χ2v) is 8.99. The highest BCUT2D eigenvalue weighted by Gasteiger charge is 2.33. The number of thioether (sulfide) groups is 1. The summed E-state index contributed by atoms with van der Waals surface area (Å²) in [5, 5.41) is 8.75. The maximum absolute atomic E-state index is 13.1. The molecule has 3 aromatic rings. The fourth-order valence-electron chi connectivity index (χ4n) is 3.31. The van der Waals surface area contributed by atoms with Crippen molar-refractivity contribution in [3.8, 4) is 0 Å². The Labute approximate surface area is 183 Å². The summed E-state index contributed by atoms with van der Waals surface area (Å²) >= 11 is 2.86. The molecule has 0 aliphatic carbocycles. The predicted octanol–water partition coefficient (Wildman–Crippen LogP) is 4.17. The normalized spacial score (nSPS) is 16.0. The van der Waals surface area contributed by atoms with Crippen molar-refractivity contribution in [2.75, 3.05) is 5.75 Å². The molecule has 1 unspecified atom stereocenters. The minimum absolute atomic E-state index is 0.110. The van der Waals surface area contributed by atoms with Crippen molar-refractivity contribution in [3.05, 3.63) is 79.9 Å². The summed E-state index contributed by atoms with van der Waals surface area (Å²) in [4.78, 5) is 33.1. The van der Waals surface area contributed by atoms with Crippen LogP contribution < -0.4 is 5.56 Å². The third-order valence-electron chi connectivity index (χ3n) is 4.90. The van der Waals surface area contributed by atoms with Crippen molar-refractivity contribution in [2.24, 2.45) is 5.10 Å². The topological polar surface area (TPSA) is 78.4 Å². The molecule has 4 rings (SSSR count). The van der Waals surface area contributed by atoms with Gasteiger partial charge in [-0.1, -0.05) is 54.6 Å². The minimum Gasteiger partial charge on any atom is -0.301 e. The molecule has 1 N–H and O–H groups in total. The minimum atomic E-state index is -0.200. The number of H-pyrrole nitrogens is 1. The number of hydrazone groups is 1. The summed E-state index contributed by atoms with van der Waals surface area (Å²) in [7, 11) is 0. The average Bonchev–Trinajstić information content (AvgIpc) is 3.42. The van der Waals surface area contributed by atoms with Gasteiger partial charge in [0, 0.05) is 18.2 Å². The van der Waals surface area contributed by atoms with Crippen LogP contribution in [-0.2, 0) is 11.2 Å². The van der Waals surface area contributed by atoms with Crippen LogP contribution in [0.25, 0.3) is 0 Å². The molecule has 3 heterocycles. The number of rotatable bonds is 6. The van der Waals surface area contributed by atoms with E-state index in [1.807, 2.05) is 31.4 Å². The molecule has 8 heteroatoms. The quantitative estimate of drug-likeness (QED) is 0.463. The van der Waals surface area contributed by atoms with E-state index in [2.05, 4.69) is 39.3 Å². The first kappa shape index (κ1) is 20.6. The Morgan fingerprint density at radius 2 is 2.10 bits per heavy atom. The average molecular weight is 439 g/mol. The predicted molar refractivity (Wildman–Crippen MR) is 121 cm³/mol. The Morgan fingerprint density at radius 3 is 2.80 bits per heavy atom. The Bertz CT molecular complexity index is 1120. The third-order valence-corrected chi connectivity index (χ3v) is 6.68. The van der Waals surface area contributed by atoms with E-state index in [1.54, 1.807) is 16.3 Å². The van der Waals surface area contributed by atoms with Gasteiger partial charge in [0.1, 0.15) is 0 Å². The number of amides is 1. The fourth-order valence-corrected chi connectivity index (χ4v) is 4.78. The van der Waals surface area contributed by atoms with Gasteiger partial charge in [-0.25, -0.2) is 9.99 Å². The van der Waals surface area contributed by atoms with E-state index in [0.29, 0.717) is 23.7 Å². The lowest BCUT2D eigenvalue weighted by Gasteiger charge is -2.22. The number of nitrogens with one attached hydrogen (secondary N) is 1.